The van der Waals surface area contributed by atoms with E-state index in [1.54, 1.807) is 40.9 Å². The first kappa shape index (κ1) is 20.8. The first-order chi connectivity index (χ1) is 14.3. The van der Waals surface area contributed by atoms with Crippen LogP contribution in [-0.2, 0) is 20.8 Å². The van der Waals surface area contributed by atoms with Crippen molar-refractivity contribution in [3.05, 3.63) is 60.2 Å². The second kappa shape index (κ2) is 8.00. The van der Waals surface area contributed by atoms with Gasteiger partial charge in [-0.3, -0.25) is 14.4 Å². The Labute approximate surface area is 185 Å². The predicted molar refractivity (Wildman–Crippen MR) is 120 cm³/mol. The molecule has 0 aromatic heterocycles. The van der Waals surface area contributed by atoms with Gasteiger partial charge in [0, 0.05) is 15.3 Å². The highest BCUT2D eigenvalue weighted by molar-refractivity contribution is 8.01. The first-order valence-electron chi connectivity index (χ1n) is 9.69. The summed E-state index contributed by atoms with van der Waals surface area (Å²) >= 11 is 5.79. The third-order valence-electron chi connectivity index (χ3n) is 5.35. The minimum Gasteiger partial charge on any atom is -0.341 e. The van der Waals surface area contributed by atoms with E-state index in [9.17, 15) is 14.4 Å². The molecule has 2 saturated heterocycles. The lowest BCUT2D eigenvalue weighted by Gasteiger charge is -2.44. The van der Waals surface area contributed by atoms with Crippen molar-refractivity contribution in [1.82, 2.24) is 10.2 Å². The van der Waals surface area contributed by atoms with Gasteiger partial charge < -0.3 is 15.5 Å². The van der Waals surface area contributed by atoms with Crippen LogP contribution in [0.2, 0.25) is 0 Å². The van der Waals surface area contributed by atoms with E-state index in [2.05, 4.69) is 23.3 Å². The molecule has 2 aliphatic rings. The molecule has 0 spiro atoms. The largest absolute Gasteiger partial charge is 0.341 e. The molecule has 2 aromatic carbocycles. The van der Waals surface area contributed by atoms with Crippen LogP contribution in [0.4, 0.5) is 5.69 Å². The summed E-state index contributed by atoms with van der Waals surface area (Å²) in [6.07, 6.45) is 0.219. The summed E-state index contributed by atoms with van der Waals surface area (Å²) in [4.78, 5) is 40.7. The van der Waals surface area contributed by atoms with Gasteiger partial charge in [-0.1, -0.05) is 30.3 Å². The maximum Gasteiger partial charge on any atom is 0.249 e. The van der Waals surface area contributed by atoms with Crippen molar-refractivity contribution in [1.29, 1.82) is 0 Å². The number of thioether (sulfide) groups is 1. The monoisotopic (exact) mass is 441 g/mol. The van der Waals surface area contributed by atoms with Gasteiger partial charge >= 0.3 is 0 Å². The van der Waals surface area contributed by atoms with Gasteiger partial charge in [-0.2, -0.15) is 0 Å². The van der Waals surface area contributed by atoms with E-state index < -0.39 is 16.8 Å². The highest BCUT2D eigenvalue weighted by Gasteiger charge is 2.63. The number of nitrogens with zero attached hydrogens (tertiary/aromatic N) is 1. The van der Waals surface area contributed by atoms with Crippen molar-refractivity contribution in [3.8, 4) is 0 Å². The van der Waals surface area contributed by atoms with Crippen molar-refractivity contribution in [2.75, 3.05) is 5.32 Å². The van der Waals surface area contributed by atoms with E-state index in [1.165, 1.54) is 0 Å². The number of β-lactam (4-membered cyclic amide) rings is 1. The van der Waals surface area contributed by atoms with Gasteiger partial charge in [-0.05, 0) is 43.7 Å². The van der Waals surface area contributed by atoms with Crippen LogP contribution in [0.15, 0.2) is 59.5 Å². The summed E-state index contributed by atoms with van der Waals surface area (Å²) in [6, 6.07) is 15.3. The van der Waals surface area contributed by atoms with Gasteiger partial charge in [0.25, 0.3) is 0 Å². The van der Waals surface area contributed by atoms with E-state index >= 15 is 0 Å². The third kappa shape index (κ3) is 3.94. The zero-order valence-corrected chi connectivity index (χ0v) is 18.4. The number of hydrogen-bond acceptors (Lipinski definition) is 5. The zero-order chi connectivity index (χ0) is 21.5. The SMILES string of the molecule is CC1(C)S[C@@H]2[C@H](NC(=O)Cc3ccccc3)C(=O)N2[C@H]1C(=O)Nc1ccc(S)cc1. The molecule has 2 fully saturated rings. The molecule has 0 radical (unpaired) electrons. The van der Waals surface area contributed by atoms with E-state index in [-0.39, 0.29) is 29.5 Å². The number of carbonyl (C=O) groups is 3. The number of fused-ring (bicyclic) bond motifs is 1. The number of carbonyl (C=O) groups excluding carboxylic acids is 3. The number of rotatable bonds is 5. The maximum atomic E-state index is 13.0. The van der Waals surface area contributed by atoms with Gasteiger partial charge in [0.15, 0.2) is 0 Å². The fourth-order valence-electron chi connectivity index (χ4n) is 3.93. The second-order valence-electron chi connectivity index (χ2n) is 8.00. The average molecular weight is 442 g/mol. The Balaban J connectivity index is 1.43. The van der Waals surface area contributed by atoms with Crippen LogP contribution >= 0.6 is 24.4 Å². The minimum atomic E-state index is -0.613. The van der Waals surface area contributed by atoms with Gasteiger partial charge in [0.1, 0.15) is 17.5 Å². The first-order valence-corrected chi connectivity index (χ1v) is 11.0. The molecule has 3 atom stereocenters. The molecule has 2 N–H and O–H groups in total. The van der Waals surface area contributed by atoms with Crippen LogP contribution < -0.4 is 10.6 Å². The average Bonchev–Trinajstić information content (AvgIpc) is 2.96. The topological polar surface area (TPSA) is 78.5 Å². The fourth-order valence-corrected chi connectivity index (χ4v) is 5.71. The number of hydrogen-bond donors (Lipinski definition) is 3. The Hall–Kier alpha value is -2.45. The normalized spacial score (nSPS) is 24.0. The summed E-state index contributed by atoms with van der Waals surface area (Å²) in [5, 5.41) is 5.49. The number of amides is 3. The number of benzene rings is 2. The molecule has 156 valence electrons. The summed E-state index contributed by atoms with van der Waals surface area (Å²) < 4.78 is -0.479. The Morgan fingerprint density at radius 1 is 1.10 bits per heavy atom. The van der Waals surface area contributed by atoms with Crippen LogP contribution in [0.5, 0.6) is 0 Å². The number of anilines is 1. The summed E-state index contributed by atoms with van der Waals surface area (Å²) in [6.45, 7) is 3.90. The molecule has 2 aliphatic heterocycles. The molecular formula is C22H23N3O3S2. The molecule has 3 amide bonds. The molecule has 0 bridgehead atoms. The van der Waals surface area contributed by atoms with E-state index in [4.69, 9.17) is 0 Å². The van der Waals surface area contributed by atoms with E-state index in [0.29, 0.717) is 5.69 Å². The number of thiol groups is 1. The second-order valence-corrected chi connectivity index (χ2v) is 10.3. The molecule has 0 aliphatic carbocycles. The predicted octanol–water partition coefficient (Wildman–Crippen LogP) is 2.70. The summed E-state index contributed by atoms with van der Waals surface area (Å²) in [5.74, 6) is -0.646. The molecule has 8 heteroatoms. The molecule has 0 saturated carbocycles. The Bertz CT molecular complexity index is 979. The van der Waals surface area contributed by atoms with Gasteiger partial charge in [-0.15, -0.1) is 24.4 Å². The lowest BCUT2D eigenvalue weighted by molar-refractivity contribution is -0.154. The molecule has 6 nitrogen and oxygen atoms in total. The quantitative estimate of drug-likeness (QED) is 0.493. The summed E-state index contributed by atoms with van der Waals surface area (Å²) in [5.41, 5.74) is 1.55. The molecular weight excluding hydrogens is 418 g/mol. The highest BCUT2D eigenvalue weighted by atomic mass is 32.2. The van der Waals surface area contributed by atoms with Crippen LogP contribution in [-0.4, -0.2) is 44.8 Å². The Morgan fingerprint density at radius 3 is 2.43 bits per heavy atom. The van der Waals surface area contributed by atoms with Crippen LogP contribution in [0.3, 0.4) is 0 Å². The lowest BCUT2D eigenvalue weighted by Crippen LogP contribution is -2.71. The molecule has 2 aromatic rings. The highest BCUT2D eigenvalue weighted by Crippen LogP contribution is 2.51. The minimum absolute atomic E-state index is 0.197. The van der Waals surface area contributed by atoms with Crippen LogP contribution in [0.1, 0.15) is 19.4 Å². The molecule has 30 heavy (non-hydrogen) atoms. The molecule has 0 unspecified atom stereocenters. The maximum absolute atomic E-state index is 13.0. The number of nitrogens with one attached hydrogen (secondary N) is 2. The fraction of sp³-hybridized carbons (Fsp3) is 0.318. The molecule has 4 rings (SSSR count). The molecule has 2 heterocycles. The van der Waals surface area contributed by atoms with Crippen molar-refractivity contribution >= 4 is 47.8 Å². The smallest absolute Gasteiger partial charge is 0.249 e. The van der Waals surface area contributed by atoms with Crippen molar-refractivity contribution in [3.63, 3.8) is 0 Å². The summed E-state index contributed by atoms with van der Waals surface area (Å²) in [7, 11) is 0. The van der Waals surface area contributed by atoms with Crippen LogP contribution in [0, 0.1) is 0 Å². The van der Waals surface area contributed by atoms with Gasteiger partial charge in [0.2, 0.25) is 17.7 Å². The van der Waals surface area contributed by atoms with E-state index in [0.717, 1.165) is 10.5 Å². The Kier molecular flexibility index (Phi) is 5.55. The van der Waals surface area contributed by atoms with Crippen molar-refractivity contribution < 1.29 is 14.4 Å². The third-order valence-corrected chi connectivity index (χ3v) is 7.22. The van der Waals surface area contributed by atoms with Crippen LogP contribution in [0.25, 0.3) is 0 Å². The zero-order valence-electron chi connectivity index (χ0n) is 16.7. The van der Waals surface area contributed by atoms with Crippen molar-refractivity contribution in [2.24, 2.45) is 0 Å². The van der Waals surface area contributed by atoms with Crippen molar-refractivity contribution in [2.45, 2.75) is 47.4 Å². The van der Waals surface area contributed by atoms with E-state index in [1.807, 2.05) is 44.2 Å². The standard InChI is InChI=1S/C22H23N3O3S2/c1-22(2)18(19(27)23-14-8-10-15(29)11-9-14)25-20(28)17(21(25)30-22)24-16(26)12-13-6-4-3-5-7-13/h3-11,17-18,21,29H,12H2,1-2H3,(H,23,27)(H,24,26)/t17-,18+,21-/m1/s1. The van der Waals surface area contributed by atoms with Gasteiger partial charge in [0.05, 0.1) is 6.42 Å². The lowest BCUT2D eigenvalue weighted by atomic mass is 9.95. The van der Waals surface area contributed by atoms with Gasteiger partial charge in [-0.25, -0.2) is 0 Å². The Morgan fingerprint density at radius 2 is 1.77 bits per heavy atom.